The minimum Gasteiger partial charge on any atom is -0.385 e. The van der Waals surface area contributed by atoms with Gasteiger partial charge in [0.1, 0.15) is 6.17 Å². The fraction of sp³-hybridized carbons (Fsp3) is 0.588. The van der Waals surface area contributed by atoms with Crippen molar-refractivity contribution in [3.8, 4) is 0 Å². The molecule has 3 unspecified atom stereocenters. The lowest BCUT2D eigenvalue weighted by atomic mass is 10.1. The molecule has 1 saturated heterocycles. The summed E-state index contributed by atoms with van der Waals surface area (Å²) in [6.07, 6.45) is 1.84. The maximum atomic E-state index is 12.4. The summed E-state index contributed by atoms with van der Waals surface area (Å²) in [5.74, 6) is 0.170. The maximum Gasteiger partial charge on any atom is 0.241 e. The number of nitrogens with zero attached hydrogens (tertiary/aromatic N) is 1. The van der Waals surface area contributed by atoms with E-state index in [1.807, 2.05) is 11.8 Å². The molecular formula is C17H26N2O2. The number of hydrogen-bond acceptors (Lipinski definition) is 3. The highest BCUT2D eigenvalue weighted by atomic mass is 16.5. The number of hydrogen-bond donors (Lipinski definition) is 1. The van der Waals surface area contributed by atoms with Crippen LogP contribution in [0.4, 0.5) is 0 Å². The van der Waals surface area contributed by atoms with Gasteiger partial charge >= 0.3 is 0 Å². The second-order valence-corrected chi connectivity index (χ2v) is 5.76. The van der Waals surface area contributed by atoms with Gasteiger partial charge < -0.3 is 9.64 Å². The quantitative estimate of drug-likeness (QED) is 0.875. The molecule has 0 aromatic heterocycles. The van der Waals surface area contributed by atoms with Gasteiger partial charge in [0.15, 0.2) is 0 Å². The molecule has 1 amide bonds. The molecule has 0 radical (unpaired) electrons. The van der Waals surface area contributed by atoms with Crippen LogP contribution < -0.4 is 5.32 Å². The standard InChI is InChI=1S/C17H26N2O2/c1-5-14-6-8-15(9-7-14)16-18-13(3)17(20)19(16)12(2)10-11-21-4/h6-9,12-13,16,18H,5,10-11H2,1-4H3. The Kier molecular flexibility index (Phi) is 5.37. The van der Waals surface area contributed by atoms with E-state index in [0.29, 0.717) is 6.61 Å². The van der Waals surface area contributed by atoms with E-state index in [0.717, 1.165) is 18.4 Å². The lowest BCUT2D eigenvalue weighted by molar-refractivity contribution is -0.132. The Morgan fingerprint density at radius 1 is 1.33 bits per heavy atom. The number of nitrogens with one attached hydrogen (secondary N) is 1. The fourth-order valence-corrected chi connectivity index (χ4v) is 2.83. The smallest absolute Gasteiger partial charge is 0.241 e. The molecule has 0 spiro atoms. The Morgan fingerprint density at radius 2 is 2.00 bits per heavy atom. The highest BCUT2D eigenvalue weighted by Gasteiger charge is 2.39. The lowest BCUT2D eigenvalue weighted by Gasteiger charge is -2.30. The number of carbonyl (C=O) groups excluding carboxylic acids is 1. The van der Waals surface area contributed by atoms with E-state index < -0.39 is 0 Å². The van der Waals surface area contributed by atoms with Crippen LogP contribution in [-0.4, -0.2) is 36.6 Å². The van der Waals surface area contributed by atoms with Gasteiger partial charge in [0.2, 0.25) is 5.91 Å². The Morgan fingerprint density at radius 3 is 2.57 bits per heavy atom. The molecule has 21 heavy (non-hydrogen) atoms. The third kappa shape index (κ3) is 3.44. The molecule has 4 nitrogen and oxygen atoms in total. The first-order valence-electron chi connectivity index (χ1n) is 7.74. The van der Waals surface area contributed by atoms with Gasteiger partial charge in [0, 0.05) is 19.8 Å². The zero-order valence-electron chi connectivity index (χ0n) is 13.4. The number of ether oxygens (including phenoxy) is 1. The Balaban J connectivity index is 2.20. The van der Waals surface area contributed by atoms with Crippen LogP contribution in [0.3, 0.4) is 0 Å². The maximum absolute atomic E-state index is 12.4. The van der Waals surface area contributed by atoms with E-state index in [2.05, 4.69) is 43.4 Å². The summed E-state index contributed by atoms with van der Waals surface area (Å²) in [6.45, 7) is 6.83. The van der Waals surface area contributed by atoms with E-state index in [1.54, 1.807) is 7.11 Å². The molecule has 116 valence electrons. The van der Waals surface area contributed by atoms with Crippen LogP contribution in [0.5, 0.6) is 0 Å². The monoisotopic (exact) mass is 290 g/mol. The molecule has 4 heteroatoms. The van der Waals surface area contributed by atoms with E-state index in [-0.39, 0.29) is 24.2 Å². The first kappa shape index (κ1) is 16.0. The Hall–Kier alpha value is -1.39. The van der Waals surface area contributed by atoms with E-state index >= 15 is 0 Å². The van der Waals surface area contributed by atoms with Crippen molar-refractivity contribution in [3.63, 3.8) is 0 Å². The minimum atomic E-state index is -0.133. The molecule has 2 rings (SSSR count). The van der Waals surface area contributed by atoms with Crippen LogP contribution in [0.25, 0.3) is 0 Å². The van der Waals surface area contributed by atoms with Gasteiger partial charge in [0.25, 0.3) is 0 Å². The average molecular weight is 290 g/mol. The molecule has 0 aliphatic carbocycles. The molecule has 1 aliphatic heterocycles. The molecule has 0 bridgehead atoms. The van der Waals surface area contributed by atoms with Crippen molar-refractivity contribution in [2.24, 2.45) is 0 Å². The minimum absolute atomic E-state index is 0.0368. The summed E-state index contributed by atoms with van der Waals surface area (Å²) < 4.78 is 5.15. The van der Waals surface area contributed by atoms with Crippen molar-refractivity contribution >= 4 is 5.91 Å². The number of carbonyl (C=O) groups is 1. The van der Waals surface area contributed by atoms with Crippen molar-refractivity contribution in [2.45, 2.75) is 51.9 Å². The molecule has 1 N–H and O–H groups in total. The highest BCUT2D eigenvalue weighted by Crippen LogP contribution is 2.28. The number of rotatable bonds is 6. The number of benzene rings is 1. The van der Waals surface area contributed by atoms with E-state index in [4.69, 9.17) is 4.74 Å². The second-order valence-electron chi connectivity index (χ2n) is 5.76. The van der Waals surface area contributed by atoms with Crippen LogP contribution in [0.15, 0.2) is 24.3 Å². The van der Waals surface area contributed by atoms with Crippen molar-refractivity contribution in [1.29, 1.82) is 0 Å². The summed E-state index contributed by atoms with van der Waals surface area (Å²) in [4.78, 5) is 14.4. The zero-order valence-corrected chi connectivity index (χ0v) is 13.4. The molecule has 1 heterocycles. The van der Waals surface area contributed by atoms with Gasteiger partial charge in [0.05, 0.1) is 6.04 Å². The predicted molar refractivity (Wildman–Crippen MR) is 84.0 cm³/mol. The summed E-state index contributed by atoms with van der Waals surface area (Å²) in [5.41, 5.74) is 2.46. The van der Waals surface area contributed by atoms with E-state index in [9.17, 15) is 4.79 Å². The normalized spacial score (nSPS) is 23.6. The van der Waals surface area contributed by atoms with Crippen molar-refractivity contribution in [3.05, 3.63) is 35.4 Å². The fourth-order valence-electron chi connectivity index (χ4n) is 2.83. The van der Waals surface area contributed by atoms with Crippen molar-refractivity contribution in [1.82, 2.24) is 10.2 Å². The highest BCUT2D eigenvalue weighted by molar-refractivity contribution is 5.84. The van der Waals surface area contributed by atoms with Gasteiger partial charge in [-0.3, -0.25) is 10.1 Å². The molecule has 1 aromatic carbocycles. The third-order valence-corrected chi connectivity index (χ3v) is 4.23. The lowest BCUT2D eigenvalue weighted by Crippen LogP contribution is -2.38. The topological polar surface area (TPSA) is 41.6 Å². The van der Waals surface area contributed by atoms with Gasteiger partial charge in [-0.1, -0.05) is 31.2 Å². The number of amides is 1. The number of methoxy groups -OCH3 is 1. The summed E-state index contributed by atoms with van der Waals surface area (Å²) in [5, 5.41) is 3.40. The van der Waals surface area contributed by atoms with Crippen LogP contribution in [-0.2, 0) is 16.0 Å². The molecule has 0 saturated carbocycles. The van der Waals surface area contributed by atoms with E-state index in [1.165, 1.54) is 5.56 Å². The first-order chi connectivity index (χ1) is 10.1. The number of aryl methyl sites for hydroxylation is 1. The largest absolute Gasteiger partial charge is 0.385 e. The summed E-state index contributed by atoms with van der Waals surface area (Å²) in [6, 6.07) is 8.55. The van der Waals surface area contributed by atoms with Gasteiger partial charge in [-0.15, -0.1) is 0 Å². The van der Waals surface area contributed by atoms with Crippen LogP contribution >= 0.6 is 0 Å². The van der Waals surface area contributed by atoms with Gasteiger partial charge in [-0.05, 0) is 37.8 Å². The Labute approximate surface area is 127 Å². The van der Waals surface area contributed by atoms with Gasteiger partial charge in [-0.2, -0.15) is 0 Å². The summed E-state index contributed by atoms with van der Waals surface area (Å²) in [7, 11) is 1.69. The third-order valence-electron chi connectivity index (χ3n) is 4.23. The summed E-state index contributed by atoms with van der Waals surface area (Å²) >= 11 is 0. The van der Waals surface area contributed by atoms with Crippen LogP contribution in [0, 0.1) is 0 Å². The molecule has 1 fully saturated rings. The molecule has 3 atom stereocenters. The molecular weight excluding hydrogens is 264 g/mol. The second kappa shape index (κ2) is 7.05. The van der Waals surface area contributed by atoms with Crippen molar-refractivity contribution < 1.29 is 9.53 Å². The predicted octanol–water partition coefficient (Wildman–Crippen LogP) is 2.49. The zero-order chi connectivity index (χ0) is 15.4. The first-order valence-corrected chi connectivity index (χ1v) is 7.74. The van der Waals surface area contributed by atoms with Crippen molar-refractivity contribution in [2.75, 3.05) is 13.7 Å². The average Bonchev–Trinajstić information content (AvgIpc) is 2.80. The molecule has 1 aliphatic rings. The van der Waals surface area contributed by atoms with Crippen LogP contribution in [0.1, 0.15) is 44.5 Å². The van der Waals surface area contributed by atoms with Crippen LogP contribution in [0.2, 0.25) is 0 Å². The SMILES string of the molecule is CCc1ccc(C2NC(C)C(=O)N2C(C)CCOC)cc1. The Bertz CT molecular complexity index is 472. The van der Waals surface area contributed by atoms with Gasteiger partial charge in [-0.25, -0.2) is 0 Å². The molecule has 1 aromatic rings.